The van der Waals surface area contributed by atoms with Gasteiger partial charge in [-0.3, -0.25) is 0 Å². The van der Waals surface area contributed by atoms with Crippen LogP contribution in [0, 0.1) is 35.5 Å². The molecule has 2 rings (SSSR count). The number of aliphatic hydroxyl groups is 1. The van der Waals surface area contributed by atoms with Crippen molar-refractivity contribution in [1.82, 2.24) is 0 Å². The molecule has 0 aromatic rings. The molecule has 0 aromatic heterocycles. The molecular weight excluding hydrogens is 196 g/mol. The van der Waals surface area contributed by atoms with Crippen LogP contribution in [0.3, 0.4) is 0 Å². The molecule has 0 radical (unpaired) electrons. The van der Waals surface area contributed by atoms with Crippen LogP contribution in [0.25, 0.3) is 0 Å². The maximum absolute atomic E-state index is 10.1. The molecule has 1 nitrogen and oxygen atoms in total. The van der Waals surface area contributed by atoms with Crippen molar-refractivity contribution < 1.29 is 5.11 Å². The first-order valence-corrected chi connectivity index (χ1v) is 6.71. The topological polar surface area (TPSA) is 20.2 Å². The summed E-state index contributed by atoms with van der Waals surface area (Å²) in [5.41, 5.74) is 0.355. The van der Waals surface area contributed by atoms with Crippen molar-refractivity contribution in [2.75, 3.05) is 0 Å². The Morgan fingerprint density at radius 2 is 2.19 bits per heavy atom. The number of fused-ring (bicyclic) bond motifs is 1. The molecule has 0 amide bonds. The fraction of sp³-hybridized carbons (Fsp3) is 0.867. The van der Waals surface area contributed by atoms with E-state index in [1.165, 1.54) is 25.7 Å². The summed E-state index contributed by atoms with van der Waals surface area (Å²) in [7, 11) is 0. The summed E-state index contributed by atoms with van der Waals surface area (Å²) in [6.07, 6.45) is 12.2. The lowest BCUT2D eigenvalue weighted by Crippen LogP contribution is -2.41. The molecule has 1 heteroatoms. The van der Waals surface area contributed by atoms with Gasteiger partial charge in [0, 0.05) is 6.42 Å². The Labute approximate surface area is 99.6 Å². The van der Waals surface area contributed by atoms with Gasteiger partial charge in [0.05, 0.1) is 6.10 Å². The van der Waals surface area contributed by atoms with Gasteiger partial charge in [-0.2, -0.15) is 0 Å². The molecule has 2 fully saturated rings. The van der Waals surface area contributed by atoms with Gasteiger partial charge >= 0.3 is 0 Å². The van der Waals surface area contributed by atoms with Crippen LogP contribution in [0.2, 0.25) is 0 Å². The molecule has 0 aromatic carbocycles. The van der Waals surface area contributed by atoms with Crippen molar-refractivity contribution in [2.24, 2.45) is 23.2 Å². The number of terminal acetylenes is 1. The molecule has 90 valence electrons. The van der Waals surface area contributed by atoms with E-state index in [4.69, 9.17) is 6.42 Å². The van der Waals surface area contributed by atoms with Gasteiger partial charge in [0.1, 0.15) is 0 Å². The number of hydrogen-bond acceptors (Lipinski definition) is 1. The predicted octanol–water partition coefficient (Wildman–Crippen LogP) is 3.22. The average molecular weight is 220 g/mol. The van der Waals surface area contributed by atoms with Crippen molar-refractivity contribution in [3.05, 3.63) is 0 Å². The van der Waals surface area contributed by atoms with Crippen molar-refractivity contribution in [3.8, 4) is 12.3 Å². The van der Waals surface area contributed by atoms with Gasteiger partial charge in [0.2, 0.25) is 0 Å². The summed E-state index contributed by atoms with van der Waals surface area (Å²) in [5.74, 6) is 4.68. The Morgan fingerprint density at radius 1 is 1.44 bits per heavy atom. The van der Waals surface area contributed by atoms with Crippen LogP contribution < -0.4 is 0 Å². The highest BCUT2D eigenvalue weighted by atomic mass is 16.3. The van der Waals surface area contributed by atoms with Crippen LogP contribution in [-0.2, 0) is 0 Å². The summed E-state index contributed by atoms with van der Waals surface area (Å²) >= 11 is 0. The van der Waals surface area contributed by atoms with E-state index in [0.29, 0.717) is 17.3 Å². The second kappa shape index (κ2) is 4.41. The molecule has 0 bridgehead atoms. The molecule has 5 atom stereocenters. The van der Waals surface area contributed by atoms with E-state index in [1.54, 1.807) is 0 Å². The third-order valence-electron chi connectivity index (χ3n) is 5.29. The largest absolute Gasteiger partial charge is 0.393 e. The van der Waals surface area contributed by atoms with Gasteiger partial charge < -0.3 is 5.11 Å². The van der Waals surface area contributed by atoms with Crippen LogP contribution in [0.5, 0.6) is 0 Å². The molecule has 2 unspecified atom stereocenters. The third kappa shape index (κ3) is 1.78. The van der Waals surface area contributed by atoms with E-state index in [0.717, 1.165) is 18.8 Å². The van der Waals surface area contributed by atoms with Gasteiger partial charge in [-0.15, -0.1) is 12.3 Å². The van der Waals surface area contributed by atoms with E-state index in [9.17, 15) is 5.11 Å². The smallest absolute Gasteiger partial charge is 0.0573 e. The van der Waals surface area contributed by atoms with Crippen molar-refractivity contribution >= 4 is 0 Å². The summed E-state index contributed by atoms with van der Waals surface area (Å²) in [5, 5.41) is 10.1. The van der Waals surface area contributed by atoms with Crippen molar-refractivity contribution in [2.45, 2.75) is 58.5 Å². The zero-order chi connectivity index (χ0) is 11.8. The Morgan fingerprint density at radius 3 is 2.88 bits per heavy atom. The average Bonchev–Trinajstić information content (AvgIpc) is 2.57. The van der Waals surface area contributed by atoms with Crippen molar-refractivity contribution in [3.63, 3.8) is 0 Å². The lowest BCUT2D eigenvalue weighted by molar-refractivity contribution is -0.0264. The minimum atomic E-state index is -0.0539. The summed E-state index contributed by atoms with van der Waals surface area (Å²) in [6.45, 7) is 4.68. The normalized spacial score (nSPS) is 44.8. The van der Waals surface area contributed by atoms with Crippen LogP contribution >= 0.6 is 0 Å². The second-order valence-electron chi connectivity index (χ2n) is 6.14. The fourth-order valence-electron chi connectivity index (χ4n) is 4.45. The standard InChI is InChI=1S/C15H24O/c1-4-6-11(2)12-8-9-13-14(16)7-5-10-15(12,13)3/h1,11-14,16H,5-10H2,2-3H3/t11?,12?,13-,14-,15+/m0/s1. The Balaban J connectivity index is 2.15. The highest BCUT2D eigenvalue weighted by molar-refractivity contribution is 5.03. The first-order valence-electron chi connectivity index (χ1n) is 6.71. The first kappa shape index (κ1) is 12.0. The van der Waals surface area contributed by atoms with E-state index in [2.05, 4.69) is 19.8 Å². The molecule has 2 aliphatic carbocycles. The van der Waals surface area contributed by atoms with Crippen LogP contribution in [0.15, 0.2) is 0 Å². The molecule has 1 N–H and O–H groups in total. The SMILES string of the molecule is C#CCC(C)C1CC[C@H]2[C@@H](O)CCC[C@]12C. The highest BCUT2D eigenvalue weighted by Gasteiger charge is 2.51. The Kier molecular flexibility index (Phi) is 3.31. The van der Waals surface area contributed by atoms with E-state index < -0.39 is 0 Å². The van der Waals surface area contributed by atoms with Crippen LogP contribution in [0.4, 0.5) is 0 Å². The second-order valence-corrected chi connectivity index (χ2v) is 6.14. The maximum Gasteiger partial charge on any atom is 0.0573 e. The first-order chi connectivity index (χ1) is 7.59. The van der Waals surface area contributed by atoms with Crippen LogP contribution in [0.1, 0.15) is 52.4 Å². The number of hydrogen-bond donors (Lipinski definition) is 1. The van der Waals surface area contributed by atoms with E-state index in [1.807, 2.05) is 0 Å². The summed E-state index contributed by atoms with van der Waals surface area (Å²) < 4.78 is 0. The molecule has 0 spiro atoms. The molecule has 16 heavy (non-hydrogen) atoms. The van der Waals surface area contributed by atoms with Gasteiger partial charge in [-0.05, 0) is 48.9 Å². The minimum absolute atomic E-state index is 0.0539. The minimum Gasteiger partial charge on any atom is -0.393 e. The van der Waals surface area contributed by atoms with E-state index in [-0.39, 0.29) is 6.10 Å². The monoisotopic (exact) mass is 220 g/mol. The lowest BCUT2D eigenvalue weighted by Gasteiger charge is -2.45. The molecule has 0 saturated heterocycles. The molecule has 0 aliphatic heterocycles. The lowest BCUT2D eigenvalue weighted by atomic mass is 9.61. The van der Waals surface area contributed by atoms with Gasteiger partial charge in [-0.25, -0.2) is 0 Å². The highest BCUT2D eigenvalue weighted by Crippen LogP contribution is 2.57. The number of aliphatic hydroxyl groups excluding tert-OH is 1. The fourth-order valence-corrected chi connectivity index (χ4v) is 4.45. The molecule has 2 aliphatic rings. The zero-order valence-electron chi connectivity index (χ0n) is 10.6. The summed E-state index contributed by atoms with van der Waals surface area (Å²) in [4.78, 5) is 0. The Hall–Kier alpha value is -0.480. The maximum atomic E-state index is 10.1. The van der Waals surface area contributed by atoms with E-state index >= 15 is 0 Å². The van der Waals surface area contributed by atoms with Gasteiger partial charge in [-0.1, -0.05) is 20.3 Å². The quantitative estimate of drug-likeness (QED) is 0.708. The number of rotatable bonds is 2. The molecule has 2 saturated carbocycles. The molecule has 0 heterocycles. The molecular formula is C15H24O. The predicted molar refractivity (Wildman–Crippen MR) is 66.8 cm³/mol. The third-order valence-corrected chi connectivity index (χ3v) is 5.29. The van der Waals surface area contributed by atoms with Gasteiger partial charge in [0.15, 0.2) is 0 Å². The Bertz CT molecular complexity index is 290. The van der Waals surface area contributed by atoms with Crippen LogP contribution in [-0.4, -0.2) is 11.2 Å². The van der Waals surface area contributed by atoms with Gasteiger partial charge in [0.25, 0.3) is 0 Å². The zero-order valence-corrected chi connectivity index (χ0v) is 10.6. The summed E-state index contributed by atoms with van der Waals surface area (Å²) in [6, 6.07) is 0. The van der Waals surface area contributed by atoms with Crippen molar-refractivity contribution in [1.29, 1.82) is 0 Å².